The first kappa shape index (κ1) is 17.6. The van der Waals surface area contributed by atoms with Crippen molar-refractivity contribution in [3.8, 4) is 0 Å². The predicted octanol–water partition coefficient (Wildman–Crippen LogP) is 3.48. The van der Waals surface area contributed by atoms with Crippen LogP contribution in [0.1, 0.15) is 11.3 Å². The Hall–Kier alpha value is -2.84. The summed E-state index contributed by atoms with van der Waals surface area (Å²) in [5.74, 6) is -0.144. The molecule has 3 aromatic heterocycles. The Morgan fingerprint density at radius 2 is 2.19 bits per heavy atom. The molecule has 0 aliphatic carbocycles. The number of fused-ring (bicyclic) bond motifs is 1. The first-order chi connectivity index (χ1) is 13.1. The molecular formula is C18H15ClN6OS. The van der Waals surface area contributed by atoms with E-state index in [0.717, 1.165) is 21.5 Å². The Bertz CT molecular complexity index is 1080. The molecule has 27 heavy (non-hydrogen) atoms. The van der Waals surface area contributed by atoms with Crippen LogP contribution in [0.3, 0.4) is 0 Å². The lowest BCUT2D eigenvalue weighted by molar-refractivity contribution is -0.119. The third-order valence-corrected chi connectivity index (χ3v) is 5.53. The molecule has 0 aliphatic heterocycles. The molecule has 136 valence electrons. The Kier molecular flexibility index (Phi) is 4.83. The van der Waals surface area contributed by atoms with Gasteiger partial charge in [0.25, 0.3) is 5.91 Å². The van der Waals surface area contributed by atoms with E-state index in [1.165, 1.54) is 28.7 Å². The number of aromatic nitrogens is 5. The SMILES string of the molecule is Cc1c(Cl)ccc2sc(N(Cc3ccccn3)C(=O)Cn3cncn3)nc12. The van der Waals surface area contributed by atoms with Crippen LogP contribution >= 0.6 is 22.9 Å². The molecule has 4 aromatic rings. The number of nitrogens with zero attached hydrogens (tertiary/aromatic N) is 6. The summed E-state index contributed by atoms with van der Waals surface area (Å²) in [5.41, 5.74) is 2.48. The molecule has 0 N–H and O–H groups in total. The fraction of sp³-hybridized carbons (Fsp3) is 0.167. The second-order valence-corrected chi connectivity index (χ2v) is 7.33. The Morgan fingerprint density at radius 1 is 1.30 bits per heavy atom. The summed E-state index contributed by atoms with van der Waals surface area (Å²) in [7, 11) is 0. The fourth-order valence-electron chi connectivity index (χ4n) is 2.66. The van der Waals surface area contributed by atoms with Gasteiger partial charge in [-0.25, -0.2) is 14.6 Å². The Balaban J connectivity index is 1.72. The van der Waals surface area contributed by atoms with Gasteiger partial charge in [0.15, 0.2) is 5.13 Å². The number of anilines is 1. The highest BCUT2D eigenvalue weighted by Gasteiger charge is 2.22. The Morgan fingerprint density at radius 3 is 2.93 bits per heavy atom. The lowest BCUT2D eigenvalue weighted by Crippen LogP contribution is -2.33. The number of aryl methyl sites for hydroxylation is 1. The first-order valence-corrected chi connectivity index (χ1v) is 9.39. The van der Waals surface area contributed by atoms with E-state index in [-0.39, 0.29) is 12.5 Å². The average molecular weight is 399 g/mol. The number of halogens is 1. The van der Waals surface area contributed by atoms with Gasteiger partial charge in [0, 0.05) is 11.2 Å². The van der Waals surface area contributed by atoms with E-state index >= 15 is 0 Å². The molecule has 1 aromatic carbocycles. The molecule has 7 nitrogen and oxygen atoms in total. The number of hydrogen-bond acceptors (Lipinski definition) is 6. The molecule has 0 unspecified atom stereocenters. The van der Waals surface area contributed by atoms with Gasteiger partial charge in [-0.05, 0) is 36.8 Å². The lowest BCUT2D eigenvalue weighted by Gasteiger charge is -2.19. The van der Waals surface area contributed by atoms with Gasteiger partial charge < -0.3 is 0 Å². The maximum Gasteiger partial charge on any atom is 0.250 e. The molecule has 4 rings (SSSR count). The van der Waals surface area contributed by atoms with E-state index in [1.807, 2.05) is 37.3 Å². The molecule has 0 atom stereocenters. The van der Waals surface area contributed by atoms with Gasteiger partial charge in [-0.3, -0.25) is 14.7 Å². The molecule has 3 heterocycles. The number of amides is 1. The summed E-state index contributed by atoms with van der Waals surface area (Å²) in [4.78, 5) is 27.5. The molecular weight excluding hydrogens is 384 g/mol. The number of rotatable bonds is 5. The average Bonchev–Trinajstić information content (AvgIpc) is 3.33. The van der Waals surface area contributed by atoms with Crippen molar-refractivity contribution in [1.82, 2.24) is 24.7 Å². The highest BCUT2D eigenvalue weighted by atomic mass is 35.5. The van der Waals surface area contributed by atoms with E-state index in [1.54, 1.807) is 11.1 Å². The van der Waals surface area contributed by atoms with Gasteiger partial charge in [-0.2, -0.15) is 5.10 Å². The number of hydrogen-bond donors (Lipinski definition) is 0. The van der Waals surface area contributed by atoms with Gasteiger partial charge in [-0.1, -0.05) is 29.0 Å². The van der Waals surface area contributed by atoms with Crippen LogP contribution in [0.25, 0.3) is 10.2 Å². The summed E-state index contributed by atoms with van der Waals surface area (Å²) in [6.45, 7) is 2.32. The first-order valence-electron chi connectivity index (χ1n) is 8.20. The topological polar surface area (TPSA) is 76.8 Å². The van der Waals surface area contributed by atoms with Gasteiger partial charge in [0.1, 0.15) is 19.2 Å². The monoisotopic (exact) mass is 398 g/mol. The standard InChI is InChI=1S/C18H15ClN6OS/c1-12-14(19)5-6-15-17(12)23-18(27-15)25(8-13-4-2-3-7-21-13)16(26)9-24-11-20-10-22-24/h2-7,10-11H,8-9H2,1H3. The van der Waals surface area contributed by atoms with Crippen molar-refractivity contribution in [2.75, 3.05) is 4.90 Å². The highest BCUT2D eigenvalue weighted by Crippen LogP contribution is 2.34. The largest absolute Gasteiger partial charge is 0.280 e. The summed E-state index contributed by atoms with van der Waals surface area (Å²) in [5, 5.41) is 5.28. The van der Waals surface area contributed by atoms with Crippen molar-refractivity contribution in [1.29, 1.82) is 0 Å². The van der Waals surface area contributed by atoms with Crippen molar-refractivity contribution in [2.24, 2.45) is 0 Å². The normalized spacial score (nSPS) is 11.0. The van der Waals surface area contributed by atoms with Crippen molar-refractivity contribution in [3.63, 3.8) is 0 Å². The number of pyridine rings is 1. The van der Waals surface area contributed by atoms with Crippen LogP contribution in [0, 0.1) is 6.92 Å². The molecule has 0 spiro atoms. The van der Waals surface area contributed by atoms with Crippen LogP contribution in [-0.2, 0) is 17.9 Å². The predicted molar refractivity (Wildman–Crippen MR) is 105 cm³/mol. The molecule has 0 saturated heterocycles. The second-order valence-electron chi connectivity index (χ2n) is 5.91. The van der Waals surface area contributed by atoms with Crippen molar-refractivity contribution >= 4 is 44.2 Å². The molecule has 0 fully saturated rings. The van der Waals surface area contributed by atoms with Crippen molar-refractivity contribution in [3.05, 3.63) is 65.5 Å². The summed E-state index contributed by atoms with van der Waals surface area (Å²) < 4.78 is 2.47. The molecule has 0 radical (unpaired) electrons. The van der Waals surface area contributed by atoms with Crippen LogP contribution in [0.5, 0.6) is 0 Å². The quantitative estimate of drug-likeness (QED) is 0.514. The molecule has 0 bridgehead atoms. The molecule has 0 aliphatic rings. The number of carbonyl (C=O) groups is 1. The van der Waals surface area contributed by atoms with E-state index in [4.69, 9.17) is 11.6 Å². The highest BCUT2D eigenvalue weighted by molar-refractivity contribution is 7.22. The number of benzene rings is 1. The zero-order valence-electron chi connectivity index (χ0n) is 14.4. The third kappa shape index (κ3) is 3.67. The number of thiazole rings is 1. The van der Waals surface area contributed by atoms with Gasteiger partial charge in [0.2, 0.25) is 0 Å². The summed E-state index contributed by atoms with van der Waals surface area (Å²) in [6, 6.07) is 9.39. The fourth-order valence-corrected chi connectivity index (χ4v) is 3.85. The molecule has 0 saturated carbocycles. The second kappa shape index (κ2) is 7.42. The molecule has 9 heteroatoms. The Labute approximate surface area is 164 Å². The van der Waals surface area contributed by atoms with Crippen molar-refractivity contribution in [2.45, 2.75) is 20.0 Å². The zero-order valence-corrected chi connectivity index (χ0v) is 16.0. The smallest absolute Gasteiger partial charge is 0.250 e. The maximum atomic E-state index is 13.0. The minimum Gasteiger partial charge on any atom is -0.280 e. The lowest BCUT2D eigenvalue weighted by atomic mass is 10.2. The minimum atomic E-state index is -0.144. The van der Waals surface area contributed by atoms with Crippen LogP contribution in [0.2, 0.25) is 5.02 Å². The number of carbonyl (C=O) groups excluding carboxylic acids is 1. The van der Waals surface area contributed by atoms with E-state index in [0.29, 0.717) is 16.7 Å². The summed E-state index contributed by atoms with van der Waals surface area (Å²) in [6.07, 6.45) is 4.62. The van der Waals surface area contributed by atoms with E-state index < -0.39 is 0 Å². The van der Waals surface area contributed by atoms with E-state index in [2.05, 4.69) is 20.1 Å². The van der Waals surface area contributed by atoms with E-state index in [9.17, 15) is 4.79 Å². The van der Waals surface area contributed by atoms with Gasteiger partial charge in [0.05, 0.1) is 22.5 Å². The zero-order chi connectivity index (χ0) is 18.8. The maximum absolute atomic E-state index is 13.0. The van der Waals surface area contributed by atoms with Gasteiger partial charge in [-0.15, -0.1) is 0 Å². The van der Waals surface area contributed by atoms with Crippen LogP contribution in [-0.4, -0.2) is 30.6 Å². The van der Waals surface area contributed by atoms with Crippen LogP contribution < -0.4 is 4.90 Å². The molecule has 1 amide bonds. The van der Waals surface area contributed by atoms with Crippen LogP contribution in [0.15, 0.2) is 49.2 Å². The van der Waals surface area contributed by atoms with Crippen LogP contribution in [0.4, 0.5) is 5.13 Å². The summed E-state index contributed by atoms with van der Waals surface area (Å²) >= 11 is 7.67. The van der Waals surface area contributed by atoms with Crippen molar-refractivity contribution < 1.29 is 4.79 Å². The minimum absolute atomic E-state index is 0.0719. The third-order valence-electron chi connectivity index (χ3n) is 4.08. The van der Waals surface area contributed by atoms with Gasteiger partial charge >= 0.3 is 0 Å².